The molecule has 1 aliphatic rings. The fraction of sp³-hybridized carbons (Fsp3) is 0.407. The number of piperidine rings is 1. The highest BCUT2D eigenvalue weighted by Crippen LogP contribution is 2.26. The fourth-order valence-corrected chi connectivity index (χ4v) is 4.75. The summed E-state index contributed by atoms with van der Waals surface area (Å²) in [7, 11) is 0. The quantitative estimate of drug-likeness (QED) is 0.414. The summed E-state index contributed by atoms with van der Waals surface area (Å²) in [6, 6.07) is 9.94. The Morgan fingerprint density at radius 2 is 1.83 bits per heavy atom. The van der Waals surface area contributed by atoms with Crippen LogP contribution in [-0.4, -0.2) is 48.8 Å². The summed E-state index contributed by atoms with van der Waals surface area (Å²) in [6.45, 7) is 10.7. The Morgan fingerprint density at radius 1 is 1.09 bits per heavy atom. The number of imidazole rings is 1. The third kappa shape index (κ3) is 4.52. The van der Waals surface area contributed by atoms with E-state index in [4.69, 9.17) is 9.84 Å². The molecule has 1 saturated heterocycles. The first-order valence-corrected chi connectivity index (χ1v) is 12.1. The molecule has 5 rings (SSSR count). The molecule has 0 atom stereocenters. The van der Waals surface area contributed by atoms with Crippen molar-refractivity contribution >= 4 is 22.5 Å². The van der Waals surface area contributed by atoms with Gasteiger partial charge in [0, 0.05) is 36.3 Å². The highest BCUT2D eigenvalue weighted by molar-refractivity contribution is 5.86. The summed E-state index contributed by atoms with van der Waals surface area (Å²) in [4.78, 5) is 32.0. The van der Waals surface area contributed by atoms with Crippen molar-refractivity contribution in [2.24, 2.45) is 0 Å². The highest BCUT2D eigenvalue weighted by Gasteiger charge is 2.28. The summed E-state index contributed by atoms with van der Waals surface area (Å²) in [5.41, 5.74) is 4.11. The second-order valence-electron chi connectivity index (χ2n) is 10.4. The molecular formula is C27H31N5O3. The molecule has 0 bridgehead atoms. The second-order valence-corrected chi connectivity index (χ2v) is 10.4. The first-order chi connectivity index (χ1) is 16.6. The van der Waals surface area contributed by atoms with Gasteiger partial charge in [-0.2, -0.15) is 5.10 Å². The van der Waals surface area contributed by atoms with Crippen LogP contribution in [0.1, 0.15) is 50.9 Å². The van der Waals surface area contributed by atoms with E-state index < -0.39 is 5.60 Å². The van der Waals surface area contributed by atoms with Crippen LogP contribution in [0.3, 0.4) is 0 Å². The van der Waals surface area contributed by atoms with Crippen molar-refractivity contribution in [3.63, 3.8) is 0 Å². The van der Waals surface area contributed by atoms with Crippen LogP contribution in [0.4, 0.5) is 4.79 Å². The minimum Gasteiger partial charge on any atom is -0.444 e. The van der Waals surface area contributed by atoms with Crippen molar-refractivity contribution in [1.29, 1.82) is 0 Å². The minimum absolute atomic E-state index is 0.00501. The van der Waals surface area contributed by atoms with Gasteiger partial charge in [0.15, 0.2) is 5.65 Å². The van der Waals surface area contributed by atoms with Gasteiger partial charge in [0.2, 0.25) is 0 Å². The maximum atomic E-state index is 13.3. The maximum Gasteiger partial charge on any atom is 0.410 e. The van der Waals surface area contributed by atoms with Crippen LogP contribution in [0.5, 0.6) is 0 Å². The molecule has 1 amide bonds. The largest absolute Gasteiger partial charge is 0.444 e. The molecule has 0 N–H and O–H groups in total. The lowest BCUT2D eigenvalue weighted by molar-refractivity contribution is 0.0187. The van der Waals surface area contributed by atoms with Gasteiger partial charge in [-0.1, -0.05) is 6.07 Å². The molecule has 0 saturated carbocycles. The zero-order valence-corrected chi connectivity index (χ0v) is 20.9. The molecule has 0 aliphatic carbocycles. The molecule has 0 unspecified atom stereocenters. The smallest absolute Gasteiger partial charge is 0.410 e. The average Bonchev–Trinajstić information content (AvgIpc) is 3.19. The van der Waals surface area contributed by atoms with Gasteiger partial charge in [-0.25, -0.2) is 14.3 Å². The molecule has 4 aromatic rings. The van der Waals surface area contributed by atoms with Crippen molar-refractivity contribution in [2.45, 2.75) is 59.1 Å². The molecule has 0 radical (unpaired) electrons. The summed E-state index contributed by atoms with van der Waals surface area (Å²) < 4.78 is 9.12. The van der Waals surface area contributed by atoms with Crippen molar-refractivity contribution in [3.8, 4) is 11.3 Å². The number of hydrogen-bond donors (Lipinski definition) is 0. The molecule has 3 aromatic heterocycles. The number of hydrogen-bond acceptors (Lipinski definition) is 5. The Balaban J connectivity index is 1.39. The van der Waals surface area contributed by atoms with Gasteiger partial charge in [0.1, 0.15) is 5.60 Å². The standard InChI is InChI=1S/C27H31N5O3/c1-17-14-23(29-32-16-18(2)28-24(17)32)20-6-7-22-19(15-20)8-13-31(25(22)33)21-9-11-30(12-10-21)26(34)35-27(3,4)5/h6-8,13-16,21H,9-12H2,1-5H3. The van der Waals surface area contributed by atoms with Crippen molar-refractivity contribution in [3.05, 3.63) is 64.3 Å². The maximum absolute atomic E-state index is 13.3. The Bertz CT molecular complexity index is 1490. The van der Waals surface area contributed by atoms with Gasteiger partial charge in [0.25, 0.3) is 5.56 Å². The van der Waals surface area contributed by atoms with E-state index in [1.54, 1.807) is 4.90 Å². The number of carbonyl (C=O) groups is 1. The Morgan fingerprint density at radius 3 is 2.54 bits per heavy atom. The molecule has 0 spiro atoms. The monoisotopic (exact) mass is 473 g/mol. The number of aromatic nitrogens is 4. The number of benzene rings is 1. The highest BCUT2D eigenvalue weighted by atomic mass is 16.6. The fourth-order valence-electron chi connectivity index (χ4n) is 4.75. The van der Waals surface area contributed by atoms with Crippen LogP contribution in [0.15, 0.2) is 47.5 Å². The van der Waals surface area contributed by atoms with Crippen LogP contribution < -0.4 is 5.56 Å². The minimum atomic E-state index is -0.514. The molecular weight excluding hydrogens is 442 g/mol. The van der Waals surface area contributed by atoms with E-state index in [-0.39, 0.29) is 17.7 Å². The van der Waals surface area contributed by atoms with Crippen molar-refractivity contribution < 1.29 is 9.53 Å². The second kappa shape index (κ2) is 8.52. The number of likely N-dealkylation sites (tertiary alicyclic amines) is 1. The van der Waals surface area contributed by atoms with E-state index in [1.165, 1.54) is 0 Å². The van der Waals surface area contributed by atoms with Crippen LogP contribution in [0, 0.1) is 13.8 Å². The van der Waals surface area contributed by atoms with Crippen molar-refractivity contribution in [1.82, 2.24) is 24.1 Å². The normalized spacial score (nSPS) is 15.2. The average molecular weight is 474 g/mol. The van der Waals surface area contributed by atoms with Crippen LogP contribution >= 0.6 is 0 Å². The molecule has 1 aliphatic heterocycles. The number of pyridine rings is 1. The Kier molecular flexibility index (Phi) is 5.62. The van der Waals surface area contributed by atoms with Crippen molar-refractivity contribution in [2.75, 3.05) is 13.1 Å². The van der Waals surface area contributed by atoms with Gasteiger partial charge in [-0.05, 0) is 82.7 Å². The number of rotatable bonds is 2. The molecule has 8 heteroatoms. The predicted octanol–water partition coefficient (Wildman–Crippen LogP) is 4.90. The van der Waals surface area contributed by atoms with E-state index in [0.29, 0.717) is 18.5 Å². The lowest BCUT2D eigenvalue weighted by Gasteiger charge is -2.34. The summed E-state index contributed by atoms with van der Waals surface area (Å²) in [5.74, 6) is 0. The molecule has 4 heterocycles. The predicted molar refractivity (Wildman–Crippen MR) is 136 cm³/mol. The molecule has 8 nitrogen and oxygen atoms in total. The lowest BCUT2D eigenvalue weighted by atomic mass is 10.0. The SMILES string of the molecule is Cc1cn2nc(-c3ccc4c(=O)n(C5CCN(C(=O)OC(C)(C)C)CC5)ccc4c3)cc(C)c2n1. The van der Waals surface area contributed by atoms with Gasteiger partial charge < -0.3 is 14.2 Å². The number of fused-ring (bicyclic) bond motifs is 2. The summed E-state index contributed by atoms with van der Waals surface area (Å²) in [5, 5.41) is 6.29. The van der Waals surface area contributed by atoms with Crippen LogP contribution in [0.25, 0.3) is 27.7 Å². The van der Waals surface area contributed by atoms with E-state index in [2.05, 4.69) is 4.98 Å². The van der Waals surface area contributed by atoms with E-state index >= 15 is 0 Å². The Hall–Kier alpha value is -3.68. The Labute approximate surface area is 204 Å². The number of amides is 1. The summed E-state index contributed by atoms with van der Waals surface area (Å²) >= 11 is 0. The third-order valence-corrected chi connectivity index (χ3v) is 6.47. The number of aryl methyl sites for hydroxylation is 2. The van der Waals surface area contributed by atoms with E-state index in [0.717, 1.165) is 46.4 Å². The molecule has 1 fully saturated rings. The molecule has 182 valence electrons. The number of ether oxygens (including phenoxy) is 1. The first kappa shape index (κ1) is 23.1. The van der Waals surface area contributed by atoms with E-state index in [1.807, 2.05) is 86.4 Å². The number of nitrogens with zero attached hydrogens (tertiary/aromatic N) is 5. The third-order valence-electron chi connectivity index (χ3n) is 6.47. The molecule has 35 heavy (non-hydrogen) atoms. The lowest BCUT2D eigenvalue weighted by Crippen LogP contribution is -2.43. The topological polar surface area (TPSA) is 81.7 Å². The van der Waals surface area contributed by atoms with Gasteiger partial charge >= 0.3 is 6.09 Å². The molecule has 1 aromatic carbocycles. The van der Waals surface area contributed by atoms with Gasteiger partial charge in [-0.15, -0.1) is 0 Å². The first-order valence-electron chi connectivity index (χ1n) is 12.1. The van der Waals surface area contributed by atoms with E-state index in [9.17, 15) is 9.59 Å². The van der Waals surface area contributed by atoms with Gasteiger partial charge in [0.05, 0.1) is 17.6 Å². The zero-order chi connectivity index (χ0) is 24.9. The van der Waals surface area contributed by atoms with Crippen LogP contribution in [-0.2, 0) is 4.74 Å². The zero-order valence-electron chi connectivity index (χ0n) is 20.9. The number of carbonyl (C=O) groups excluding carboxylic acids is 1. The van der Waals surface area contributed by atoms with Crippen LogP contribution in [0.2, 0.25) is 0 Å². The summed E-state index contributed by atoms with van der Waals surface area (Å²) in [6.07, 6.45) is 4.94. The van der Waals surface area contributed by atoms with Gasteiger partial charge in [-0.3, -0.25) is 4.79 Å².